The number of nitrogens with zero attached hydrogens (tertiary/aromatic N) is 3. The highest BCUT2D eigenvalue weighted by Gasteiger charge is 2.22. The van der Waals surface area contributed by atoms with Crippen LogP contribution in [0.3, 0.4) is 0 Å². The van der Waals surface area contributed by atoms with Crippen molar-refractivity contribution < 1.29 is 14.3 Å². The van der Waals surface area contributed by atoms with E-state index in [1.807, 2.05) is 19.0 Å². The molecule has 0 bridgehead atoms. The van der Waals surface area contributed by atoms with Gasteiger partial charge in [-0.2, -0.15) is 4.98 Å². The molecule has 1 aromatic carbocycles. The van der Waals surface area contributed by atoms with E-state index in [2.05, 4.69) is 10.3 Å². The van der Waals surface area contributed by atoms with E-state index >= 15 is 0 Å². The Balaban J connectivity index is 1.63. The lowest BCUT2D eigenvalue weighted by Crippen LogP contribution is -2.31. The SMILES string of the molecule is CCOC(=O)c1ccc(NC(=O)CSc2nc(=O)n(CCN(C)C)c3c2CCC3)cc1. The van der Waals surface area contributed by atoms with Crippen LogP contribution in [0.25, 0.3) is 0 Å². The number of amides is 1. The zero-order valence-corrected chi connectivity index (χ0v) is 19.0. The standard InChI is InChI=1S/C22H28N4O4S/c1-4-30-21(28)15-8-10-16(11-9-15)23-19(27)14-31-20-17-6-5-7-18(17)26(22(29)24-20)13-12-25(2)3/h8-11H,4-7,12-14H2,1-3H3,(H,23,27). The Bertz CT molecular complexity index is 1000. The Morgan fingerprint density at radius 1 is 1.23 bits per heavy atom. The molecular weight excluding hydrogens is 416 g/mol. The number of esters is 1. The summed E-state index contributed by atoms with van der Waals surface area (Å²) in [4.78, 5) is 43.0. The van der Waals surface area contributed by atoms with Crippen LogP contribution in [0.2, 0.25) is 0 Å². The molecule has 166 valence electrons. The molecule has 9 heteroatoms. The highest BCUT2D eigenvalue weighted by Crippen LogP contribution is 2.29. The molecule has 0 unspecified atom stereocenters. The molecule has 3 rings (SSSR count). The maximum atomic E-state index is 12.6. The zero-order chi connectivity index (χ0) is 22.4. The molecule has 0 saturated heterocycles. The van der Waals surface area contributed by atoms with Crippen molar-refractivity contribution in [1.29, 1.82) is 0 Å². The molecule has 0 fully saturated rings. The third-order valence-corrected chi connectivity index (χ3v) is 6.01. The van der Waals surface area contributed by atoms with Crippen LogP contribution in [0.1, 0.15) is 35.0 Å². The molecule has 2 aromatic rings. The van der Waals surface area contributed by atoms with Crippen LogP contribution in [0.15, 0.2) is 34.1 Å². The van der Waals surface area contributed by atoms with Crippen molar-refractivity contribution >= 4 is 29.3 Å². The first-order valence-electron chi connectivity index (χ1n) is 10.4. The molecule has 1 aliphatic carbocycles. The van der Waals surface area contributed by atoms with E-state index in [0.29, 0.717) is 29.4 Å². The molecule has 0 atom stereocenters. The van der Waals surface area contributed by atoms with Gasteiger partial charge in [-0.1, -0.05) is 11.8 Å². The van der Waals surface area contributed by atoms with Crippen molar-refractivity contribution in [2.75, 3.05) is 38.3 Å². The first-order chi connectivity index (χ1) is 14.9. The normalized spacial score (nSPS) is 12.6. The van der Waals surface area contributed by atoms with E-state index < -0.39 is 5.97 Å². The largest absolute Gasteiger partial charge is 0.462 e. The minimum Gasteiger partial charge on any atom is -0.462 e. The van der Waals surface area contributed by atoms with Crippen molar-refractivity contribution in [2.45, 2.75) is 37.8 Å². The summed E-state index contributed by atoms with van der Waals surface area (Å²) < 4.78 is 6.73. The van der Waals surface area contributed by atoms with Crippen molar-refractivity contribution in [3.63, 3.8) is 0 Å². The lowest BCUT2D eigenvalue weighted by Gasteiger charge is -2.16. The Morgan fingerprint density at radius 3 is 2.65 bits per heavy atom. The number of nitrogens with one attached hydrogen (secondary N) is 1. The number of thioether (sulfide) groups is 1. The van der Waals surface area contributed by atoms with Gasteiger partial charge in [-0.15, -0.1) is 0 Å². The topological polar surface area (TPSA) is 93.5 Å². The van der Waals surface area contributed by atoms with Crippen LogP contribution >= 0.6 is 11.8 Å². The number of carbonyl (C=O) groups excluding carboxylic acids is 2. The summed E-state index contributed by atoms with van der Waals surface area (Å²) in [7, 11) is 3.96. The number of fused-ring (bicyclic) bond motifs is 1. The van der Waals surface area contributed by atoms with Crippen LogP contribution in [0.5, 0.6) is 0 Å². The van der Waals surface area contributed by atoms with Gasteiger partial charge in [0.25, 0.3) is 0 Å². The molecular formula is C22H28N4O4S. The van der Waals surface area contributed by atoms with E-state index in [-0.39, 0.29) is 17.3 Å². The summed E-state index contributed by atoms with van der Waals surface area (Å²) >= 11 is 1.29. The van der Waals surface area contributed by atoms with Gasteiger partial charge in [-0.25, -0.2) is 9.59 Å². The van der Waals surface area contributed by atoms with Crippen molar-refractivity contribution in [2.24, 2.45) is 0 Å². The zero-order valence-electron chi connectivity index (χ0n) is 18.1. The molecule has 8 nitrogen and oxygen atoms in total. The lowest BCUT2D eigenvalue weighted by atomic mass is 10.2. The molecule has 0 saturated carbocycles. The second-order valence-corrected chi connectivity index (χ2v) is 8.53. The minimum absolute atomic E-state index is 0.153. The Hall–Kier alpha value is -2.65. The molecule has 31 heavy (non-hydrogen) atoms. The number of hydrogen-bond donors (Lipinski definition) is 1. The number of benzene rings is 1. The smallest absolute Gasteiger partial charge is 0.348 e. The van der Waals surface area contributed by atoms with Gasteiger partial charge in [0.15, 0.2) is 0 Å². The van der Waals surface area contributed by atoms with E-state index in [1.165, 1.54) is 11.8 Å². The lowest BCUT2D eigenvalue weighted by molar-refractivity contribution is -0.113. The van der Waals surface area contributed by atoms with Crippen molar-refractivity contribution in [3.05, 3.63) is 51.6 Å². The number of ether oxygens (including phenoxy) is 1. The number of carbonyl (C=O) groups is 2. The molecule has 0 aliphatic heterocycles. The first-order valence-corrected chi connectivity index (χ1v) is 11.3. The predicted molar refractivity (Wildman–Crippen MR) is 121 cm³/mol. The quantitative estimate of drug-likeness (QED) is 0.360. The van der Waals surface area contributed by atoms with E-state index in [0.717, 1.165) is 37.1 Å². The molecule has 0 spiro atoms. The Kier molecular flexibility index (Phi) is 7.86. The summed E-state index contributed by atoms with van der Waals surface area (Å²) in [6.07, 6.45) is 2.74. The number of rotatable bonds is 9. The highest BCUT2D eigenvalue weighted by atomic mass is 32.2. The number of anilines is 1. The van der Waals surface area contributed by atoms with Gasteiger partial charge in [-0.05, 0) is 64.5 Å². The molecule has 1 heterocycles. The molecule has 1 aromatic heterocycles. The Labute approximate surface area is 186 Å². The van der Waals surface area contributed by atoms with E-state index in [9.17, 15) is 14.4 Å². The molecule has 1 aliphatic rings. The monoisotopic (exact) mass is 444 g/mol. The van der Waals surface area contributed by atoms with Gasteiger partial charge in [-0.3, -0.25) is 9.36 Å². The fourth-order valence-electron chi connectivity index (χ4n) is 3.47. The summed E-state index contributed by atoms with van der Waals surface area (Å²) in [5, 5.41) is 3.47. The van der Waals surface area contributed by atoms with Crippen LogP contribution in [0, 0.1) is 0 Å². The molecule has 1 amide bonds. The van der Waals surface area contributed by atoms with E-state index in [1.54, 1.807) is 35.8 Å². The maximum absolute atomic E-state index is 12.6. The second kappa shape index (κ2) is 10.6. The fourth-order valence-corrected chi connectivity index (χ4v) is 4.35. The van der Waals surface area contributed by atoms with Gasteiger partial charge >= 0.3 is 11.7 Å². The summed E-state index contributed by atoms with van der Waals surface area (Å²) in [5.74, 6) is -0.435. The second-order valence-electron chi connectivity index (χ2n) is 7.57. The van der Waals surface area contributed by atoms with Gasteiger partial charge in [0.1, 0.15) is 5.03 Å². The number of aromatic nitrogens is 2. The number of hydrogen-bond acceptors (Lipinski definition) is 7. The van der Waals surface area contributed by atoms with Crippen LogP contribution in [-0.2, 0) is 28.9 Å². The van der Waals surface area contributed by atoms with E-state index in [4.69, 9.17) is 4.74 Å². The van der Waals surface area contributed by atoms with Crippen molar-refractivity contribution in [3.8, 4) is 0 Å². The average molecular weight is 445 g/mol. The summed E-state index contributed by atoms with van der Waals surface area (Å²) in [5.41, 5.74) is 2.92. The number of likely N-dealkylation sites (N-methyl/N-ethyl adjacent to an activating group) is 1. The minimum atomic E-state index is -0.392. The van der Waals surface area contributed by atoms with Crippen LogP contribution in [0.4, 0.5) is 5.69 Å². The van der Waals surface area contributed by atoms with Gasteiger partial charge in [0.05, 0.1) is 17.9 Å². The average Bonchev–Trinajstić information content (AvgIpc) is 3.22. The molecule has 1 N–H and O–H groups in total. The third kappa shape index (κ3) is 5.95. The van der Waals surface area contributed by atoms with Crippen LogP contribution < -0.4 is 11.0 Å². The summed E-state index contributed by atoms with van der Waals surface area (Å²) in [6, 6.07) is 6.55. The third-order valence-electron chi connectivity index (χ3n) is 4.99. The summed E-state index contributed by atoms with van der Waals surface area (Å²) in [6.45, 7) is 3.46. The van der Waals surface area contributed by atoms with Crippen LogP contribution in [-0.4, -0.2) is 59.3 Å². The first kappa shape index (κ1) is 23.0. The Morgan fingerprint density at radius 2 is 1.97 bits per heavy atom. The van der Waals surface area contributed by atoms with Gasteiger partial charge in [0.2, 0.25) is 5.91 Å². The van der Waals surface area contributed by atoms with Gasteiger partial charge in [0, 0.05) is 30.0 Å². The predicted octanol–water partition coefficient (Wildman–Crippen LogP) is 2.20. The highest BCUT2D eigenvalue weighted by molar-refractivity contribution is 8.00. The molecule has 0 radical (unpaired) electrons. The maximum Gasteiger partial charge on any atom is 0.348 e. The van der Waals surface area contributed by atoms with Gasteiger partial charge < -0.3 is 15.0 Å². The fraction of sp³-hybridized carbons (Fsp3) is 0.455. The van der Waals surface area contributed by atoms with Crippen molar-refractivity contribution in [1.82, 2.24) is 14.5 Å².